The molecule has 0 spiro atoms. The molecule has 0 aliphatic heterocycles. The molecular formula is C30H36N4O4. The van der Waals surface area contributed by atoms with Crippen molar-refractivity contribution in [3.63, 3.8) is 0 Å². The van der Waals surface area contributed by atoms with E-state index in [9.17, 15) is 14.4 Å². The zero-order valence-corrected chi connectivity index (χ0v) is 22.5. The minimum atomic E-state index is -0.517. The van der Waals surface area contributed by atoms with Gasteiger partial charge in [-0.15, -0.1) is 5.10 Å². The first kappa shape index (κ1) is 27.1. The minimum Gasteiger partial charge on any atom is -0.462 e. The topological polar surface area (TPSA) is 93.5 Å². The summed E-state index contributed by atoms with van der Waals surface area (Å²) in [7, 11) is 0. The molecule has 1 aromatic heterocycles. The lowest BCUT2D eigenvalue weighted by atomic mass is 9.82. The lowest BCUT2D eigenvalue weighted by Crippen LogP contribution is -2.43. The second-order valence-corrected chi connectivity index (χ2v) is 10.2. The van der Waals surface area contributed by atoms with Crippen molar-refractivity contribution in [1.29, 1.82) is 0 Å². The Balaban J connectivity index is 1.62. The van der Waals surface area contributed by atoms with Crippen LogP contribution in [0.1, 0.15) is 74.1 Å². The molecule has 0 radical (unpaired) electrons. The summed E-state index contributed by atoms with van der Waals surface area (Å²) in [6.45, 7) is 8.05. The first-order chi connectivity index (χ1) is 18.3. The summed E-state index contributed by atoms with van der Waals surface area (Å²) in [5.74, 6) is 0.136. The van der Waals surface area contributed by atoms with Crippen molar-refractivity contribution in [2.75, 3.05) is 16.8 Å². The van der Waals surface area contributed by atoms with Crippen LogP contribution >= 0.6 is 0 Å². The molecule has 2 amide bonds. The van der Waals surface area contributed by atoms with Crippen molar-refractivity contribution in [3.8, 4) is 5.69 Å². The van der Waals surface area contributed by atoms with Crippen molar-refractivity contribution < 1.29 is 19.1 Å². The number of benzene rings is 2. The van der Waals surface area contributed by atoms with Gasteiger partial charge in [-0.3, -0.25) is 14.5 Å². The van der Waals surface area contributed by atoms with E-state index in [-0.39, 0.29) is 35.9 Å². The highest BCUT2D eigenvalue weighted by molar-refractivity contribution is 6.04. The monoisotopic (exact) mass is 516 g/mol. The Morgan fingerprint density at radius 1 is 1.03 bits per heavy atom. The van der Waals surface area contributed by atoms with Gasteiger partial charge in [-0.05, 0) is 88.8 Å². The van der Waals surface area contributed by atoms with Crippen LogP contribution in [0, 0.1) is 11.8 Å². The smallest absolute Gasteiger partial charge is 0.343 e. The summed E-state index contributed by atoms with van der Waals surface area (Å²) in [4.78, 5) is 40.7. The first-order valence-corrected chi connectivity index (χ1v) is 13.3. The summed E-state index contributed by atoms with van der Waals surface area (Å²) < 4.78 is 6.89. The minimum absolute atomic E-state index is 0.00155. The Morgan fingerprint density at radius 3 is 2.29 bits per heavy atom. The van der Waals surface area contributed by atoms with Gasteiger partial charge in [-0.2, -0.15) is 0 Å². The lowest BCUT2D eigenvalue weighted by Gasteiger charge is -2.32. The van der Waals surface area contributed by atoms with E-state index >= 15 is 0 Å². The van der Waals surface area contributed by atoms with Crippen LogP contribution in [0.5, 0.6) is 0 Å². The zero-order valence-electron chi connectivity index (χ0n) is 22.5. The highest BCUT2D eigenvalue weighted by atomic mass is 16.5. The maximum absolute atomic E-state index is 13.7. The molecule has 1 aliphatic carbocycles. The van der Waals surface area contributed by atoms with Gasteiger partial charge >= 0.3 is 5.97 Å². The second-order valence-electron chi connectivity index (χ2n) is 10.2. The fourth-order valence-electron chi connectivity index (χ4n) is 4.83. The normalized spacial score (nSPS) is 17.2. The van der Waals surface area contributed by atoms with E-state index < -0.39 is 5.97 Å². The Kier molecular flexibility index (Phi) is 8.61. The van der Waals surface area contributed by atoms with E-state index in [1.54, 1.807) is 59.1 Å². The molecule has 1 saturated carbocycles. The molecule has 4 rings (SSSR count). The highest BCUT2D eigenvalue weighted by Gasteiger charge is 2.34. The van der Waals surface area contributed by atoms with Gasteiger partial charge in [0, 0.05) is 29.4 Å². The molecule has 1 heterocycles. The molecule has 1 N–H and O–H groups in total. The van der Waals surface area contributed by atoms with Gasteiger partial charge in [-0.1, -0.05) is 25.1 Å². The zero-order chi connectivity index (χ0) is 27.2. The molecule has 2 aromatic carbocycles. The summed E-state index contributed by atoms with van der Waals surface area (Å²) in [6.07, 6.45) is 5.34. The predicted molar refractivity (Wildman–Crippen MR) is 148 cm³/mol. The number of carbonyl (C=O) groups excluding carboxylic acids is 3. The van der Waals surface area contributed by atoms with Gasteiger partial charge in [0.2, 0.25) is 5.91 Å². The van der Waals surface area contributed by atoms with Crippen LogP contribution in [0.2, 0.25) is 0 Å². The van der Waals surface area contributed by atoms with Gasteiger partial charge in [0.15, 0.2) is 5.82 Å². The number of ether oxygens (including phenoxy) is 1. The number of anilines is 2. The van der Waals surface area contributed by atoms with E-state index in [0.29, 0.717) is 28.7 Å². The molecule has 1 fully saturated rings. The average molecular weight is 517 g/mol. The van der Waals surface area contributed by atoms with Crippen LogP contribution < -0.4 is 10.2 Å². The molecule has 8 nitrogen and oxygen atoms in total. The van der Waals surface area contributed by atoms with Crippen molar-refractivity contribution in [1.82, 2.24) is 9.78 Å². The Hall–Kier alpha value is -3.94. The van der Waals surface area contributed by atoms with E-state index in [1.165, 1.54) is 0 Å². The van der Waals surface area contributed by atoms with Crippen molar-refractivity contribution in [2.24, 2.45) is 11.8 Å². The maximum Gasteiger partial charge on any atom is 0.343 e. The third kappa shape index (κ3) is 6.13. The average Bonchev–Trinajstić information content (AvgIpc) is 3.35. The fourth-order valence-corrected chi connectivity index (χ4v) is 4.83. The standard InChI is InChI=1S/C30H36N4O4/c1-5-38-30(37)26-19-33(25-17-15-24(16-18-25)31-28(35)22-9-7-6-8-10-22)32-27(26)34(20(2)3)29(36)23-13-11-21(4)12-14-23/h6-10,15-21,23H,5,11-14H2,1-4H3,(H,31,35). The molecule has 3 aromatic rings. The van der Waals surface area contributed by atoms with E-state index in [0.717, 1.165) is 25.7 Å². The SMILES string of the molecule is CCOC(=O)c1cn(-c2ccc(NC(=O)c3ccccc3)cc2)nc1N(C(=O)C1CCC(C)CC1)C(C)C. The number of amides is 2. The number of nitrogens with one attached hydrogen (secondary N) is 1. The molecular weight excluding hydrogens is 480 g/mol. The largest absolute Gasteiger partial charge is 0.462 e. The number of nitrogens with zero attached hydrogens (tertiary/aromatic N) is 3. The maximum atomic E-state index is 13.7. The van der Waals surface area contributed by atoms with Crippen molar-refractivity contribution >= 4 is 29.3 Å². The van der Waals surface area contributed by atoms with Gasteiger partial charge in [0.1, 0.15) is 5.56 Å². The fraction of sp³-hybridized carbons (Fsp3) is 0.400. The first-order valence-electron chi connectivity index (χ1n) is 13.3. The predicted octanol–water partition coefficient (Wildman–Crippen LogP) is 5.87. The Morgan fingerprint density at radius 2 is 1.68 bits per heavy atom. The quantitative estimate of drug-likeness (QED) is 0.378. The number of hydrogen-bond acceptors (Lipinski definition) is 5. The lowest BCUT2D eigenvalue weighted by molar-refractivity contribution is -0.124. The summed E-state index contributed by atoms with van der Waals surface area (Å²) >= 11 is 0. The van der Waals surface area contributed by atoms with Gasteiger partial charge < -0.3 is 10.1 Å². The molecule has 200 valence electrons. The summed E-state index contributed by atoms with van der Waals surface area (Å²) in [5, 5.41) is 7.59. The molecule has 0 unspecified atom stereocenters. The molecule has 1 aliphatic rings. The number of carbonyl (C=O) groups is 3. The number of aromatic nitrogens is 2. The Bertz CT molecular complexity index is 1260. The van der Waals surface area contributed by atoms with Crippen LogP contribution in [-0.4, -0.2) is 40.2 Å². The van der Waals surface area contributed by atoms with Crippen LogP contribution in [-0.2, 0) is 9.53 Å². The van der Waals surface area contributed by atoms with E-state index in [2.05, 4.69) is 12.2 Å². The third-order valence-corrected chi connectivity index (χ3v) is 6.96. The molecule has 0 bridgehead atoms. The van der Waals surface area contributed by atoms with E-state index in [4.69, 9.17) is 9.84 Å². The van der Waals surface area contributed by atoms with Crippen LogP contribution in [0.4, 0.5) is 11.5 Å². The Labute approximate surface area is 224 Å². The number of rotatable bonds is 8. The van der Waals surface area contributed by atoms with Gasteiger partial charge in [0.25, 0.3) is 5.91 Å². The van der Waals surface area contributed by atoms with Gasteiger partial charge in [-0.25, -0.2) is 9.48 Å². The molecule has 0 saturated heterocycles. The second kappa shape index (κ2) is 12.1. The summed E-state index contributed by atoms with van der Waals surface area (Å²) in [6, 6.07) is 16.0. The van der Waals surface area contributed by atoms with Crippen molar-refractivity contribution in [2.45, 2.75) is 59.4 Å². The molecule has 8 heteroatoms. The summed E-state index contributed by atoms with van der Waals surface area (Å²) in [5.41, 5.74) is 2.13. The number of esters is 1. The van der Waals surface area contributed by atoms with Crippen LogP contribution in [0.3, 0.4) is 0 Å². The molecule has 38 heavy (non-hydrogen) atoms. The van der Waals surface area contributed by atoms with Crippen molar-refractivity contribution in [3.05, 3.63) is 71.9 Å². The third-order valence-electron chi connectivity index (χ3n) is 6.96. The highest BCUT2D eigenvalue weighted by Crippen LogP contribution is 2.33. The van der Waals surface area contributed by atoms with Crippen LogP contribution in [0.25, 0.3) is 5.69 Å². The number of hydrogen-bond donors (Lipinski definition) is 1. The molecule has 0 atom stereocenters. The van der Waals surface area contributed by atoms with Crippen LogP contribution in [0.15, 0.2) is 60.8 Å². The van der Waals surface area contributed by atoms with Gasteiger partial charge in [0.05, 0.1) is 12.3 Å². The van der Waals surface area contributed by atoms with E-state index in [1.807, 2.05) is 32.0 Å².